The second kappa shape index (κ2) is 4.95. The van der Waals surface area contributed by atoms with Crippen molar-refractivity contribution in [3.8, 4) is 0 Å². The number of rotatable bonds is 3. The minimum atomic E-state index is 0.0940. The number of carbonyl (C=O) groups is 1. The first-order valence-corrected chi connectivity index (χ1v) is 6.63. The fourth-order valence-electron chi connectivity index (χ4n) is 2.24. The molecule has 0 unspecified atom stereocenters. The lowest BCUT2D eigenvalue weighted by Gasteiger charge is -2.33. The van der Waals surface area contributed by atoms with Crippen LogP contribution in [-0.2, 0) is 4.79 Å². The molecule has 1 fully saturated rings. The van der Waals surface area contributed by atoms with Crippen LogP contribution in [0.5, 0.6) is 0 Å². The highest BCUT2D eigenvalue weighted by atomic mass is 16.2. The van der Waals surface area contributed by atoms with E-state index in [1.165, 1.54) is 0 Å². The summed E-state index contributed by atoms with van der Waals surface area (Å²) in [6.07, 6.45) is 1.70. The first-order valence-electron chi connectivity index (χ1n) is 6.63. The van der Waals surface area contributed by atoms with Crippen molar-refractivity contribution in [1.82, 2.24) is 25.1 Å². The summed E-state index contributed by atoms with van der Waals surface area (Å²) in [4.78, 5) is 24.4. The molecule has 0 saturated carbocycles. The summed E-state index contributed by atoms with van der Waals surface area (Å²) >= 11 is 0. The lowest BCUT2D eigenvalue weighted by atomic mass is 10.3. The van der Waals surface area contributed by atoms with E-state index in [9.17, 15) is 4.79 Å². The van der Waals surface area contributed by atoms with E-state index in [4.69, 9.17) is 0 Å². The van der Waals surface area contributed by atoms with Gasteiger partial charge in [0.15, 0.2) is 5.65 Å². The molecular formula is C12H17N7O. The van der Waals surface area contributed by atoms with Gasteiger partial charge in [0, 0.05) is 26.7 Å². The Kier molecular flexibility index (Phi) is 3.13. The number of carbonyl (C=O) groups excluding carboxylic acids is 1. The average Bonchev–Trinajstić information content (AvgIpc) is 2.89. The zero-order valence-corrected chi connectivity index (χ0v) is 11.6. The summed E-state index contributed by atoms with van der Waals surface area (Å²) in [6, 6.07) is 0. The van der Waals surface area contributed by atoms with Gasteiger partial charge < -0.3 is 15.1 Å². The van der Waals surface area contributed by atoms with Crippen LogP contribution in [0.1, 0.15) is 6.92 Å². The highest BCUT2D eigenvalue weighted by Crippen LogP contribution is 2.24. The Morgan fingerprint density at radius 2 is 2.25 bits per heavy atom. The van der Waals surface area contributed by atoms with E-state index in [2.05, 4.69) is 25.5 Å². The summed E-state index contributed by atoms with van der Waals surface area (Å²) < 4.78 is 0. The van der Waals surface area contributed by atoms with Crippen molar-refractivity contribution in [2.45, 2.75) is 6.92 Å². The maximum absolute atomic E-state index is 11.9. The molecule has 1 amide bonds. The summed E-state index contributed by atoms with van der Waals surface area (Å²) in [7, 11) is 1.82. The molecule has 0 radical (unpaired) electrons. The third-order valence-electron chi connectivity index (χ3n) is 3.38. The molecule has 0 spiro atoms. The van der Waals surface area contributed by atoms with Crippen molar-refractivity contribution < 1.29 is 4.79 Å². The van der Waals surface area contributed by atoms with Crippen molar-refractivity contribution in [2.75, 3.05) is 43.4 Å². The Labute approximate surface area is 116 Å². The van der Waals surface area contributed by atoms with Crippen molar-refractivity contribution in [3.05, 3.63) is 6.20 Å². The molecule has 8 heteroatoms. The topological polar surface area (TPSA) is 90.0 Å². The van der Waals surface area contributed by atoms with Gasteiger partial charge in [-0.05, 0) is 6.92 Å². The SMILES string of the molecule is CCNc1nc(N2CCN(C)C(=O)C2)c2cn[nH]c2n1. The van der Waals surface area contributed by atoms with Crippen LogP contribution in [0.15, 0.2) is 6.20 Å². The Hall–Kier alpha value is -2.38. The monoisotopic (exact) mass is 275 g/mol. The van der Waals surface area contributed by atoms with Crippen molar-refractivity contribution in [2.24, 2.45) is 0 Å². The molecule has 3 heterocycles. The maximum Gasteiger partial charge on any atom is 0.241 e. The van der Waals surface area contributed by atoms with E-state index in [0.29, 0.717) is 24.7 Å². The summed E-state index contributed by atoms with van der Waals surface area (Å²) in [6.45, 7) is 4.50. The molecule has 2 N–H and O–H groups in total. The summed E-state index contributed by atoms with van der Waals surface area (Å²) in [5.74, 6) is 1.39. The molecule has 2 aromatic rings. The van der Waals surface area contributed by atoms with Crippen LogP contribution < -0.4 is 10.2 Å². The normalized spacial score (nSPS) is 16.0. The molecule has 8 nitrogen and oxygen atoms in total. The third kappa shape index (κ3) is 2.13. The molecule has 0 aliphatic carbocycles. The highest BCUT2D eigenvalue weighted by Gasteiger charge is 2.24. The van der Waals surface area contributed by atoms with Gasteiger partial charge in [-0.15, -0.1) is 0 Å². The van der Waals surface area contributed by atoms with Crippen LogP contribution >= 0.6 is 0 Å². The second-order valence-electron chi connectivity index (χ2n) is 4.77. The molecule has 0 aromatic carbocycles. The van der Waals surface area contributed by atoms with Crippen LogP contribution in [0.3, 0.4) is 0 Å². The number of nitrogens with one attached hydrogen (secondary N) is 2. The molecule has 3 rings (SSSR count). The number of aromatic nitrogens is 4. The van der Waals surface area contributed by atoms with E-state index < -0.39 is 0 Å². The van der Waals surface area contributed by atoms with Gasteiger partial charge >= 0.3 is 0 Å². The van der Waals surface area contributed by atoms with Gasteiger partial charge in [-0.25, -0.2) is 0 Å². The number of hydrogen-bond acceptors (Lipinski definition) is 6. The number of nitrogens with zero attached hydrogens (tertiary/aromatic N) is 5. The molecule has 0 bridgehead atoms. The van der Waals surface area contributed by atoms with Gasteiger partial charge in [0.05, 0.1) is 18.1 Å². The average molecular weight is 275 g/mol. The molecule has 106 valence electrons. The highest BCUT2D eigenvalue weighted by molar-refractivity contribution is 5.91. The van der Waals surface area contributed by atoms with Gasteiger partial charge in [-0.3, -0.25) is 9.89 Å². The lowest BCUT2D eigenvalue weighted by Crippen LogP contribution is -2.49. The lowest BCUT2D eigenvalue weighted by molar-refractivity contribution is -0.129. The number of fused-ring (bicyclic) bond motifs is 1. The second-order valence-corrected chi connectivity index (χ2v) is 4.77. The summed E-state index contributed by atoms with van der Waals surface area (Å²) in [5, 5.41) is 10.8. The van der Waals surface area contributed by atoms with Crippen molar-refractivity contribution in [1.29, 1.82) is 0 Å². The quantitative estimate of drug-likeness (QED) is 0.823. The minimum Gasteiger partial charge on any atom is -0.354 e. The number of H-pyrrole nitrogens is 1. The van der Waals surface area contributed by atoms with E-state index in [0.717, 1.165) is 24.3 Å². The van der Waals surface area contributed by atoms with Crippen molar-refractivity contribution >= 4 is 28.7 Å². The zero-order chi connectivity index (χ0) is 14.1. The third-order valence-corrected chi connectivity index (χ3v) is 3.38. The van der Waals surface area contributed by atoms with Crippen LogP contribution in [0.25, 0.3) is 11.0 Å². The van der Waals surface area contributed by atoms with Gasteiger partial charge in [0.2, 0.25) is 11.9 Å². The maximum atomic E-state index is 11.9. The number of piperazine rings is 1. The van der Waals surface area contributed by atoms with Crippen molar-refractivity contribution in [3.63, 3.8) is 0 Å². The summed E-state index contributed by atoms with van der Waals surface area (Å²) in [5.41, 5.74) is 0.678. The van der Waals surface area contributed by atoms with Gasteiger partial charge in [0.25, 0.3) is 0 Å². The standard InChI is InChI=1S/C12H17N7O/c1-3-13-12-15-10-8(6-14-17-10)11(16-12)19-5-4-18(2)9(20)7-19/h6H,3-5,7H2,1-2H3,(H2,13,14,15,16,17). The van der Waals surface area contributed by atoms with E-state index in [-0.39, 0.29) is 5.91 Å². The molecule has 2 aromatic heterocycles. The number of hydrogen-bond donors (Lipinski definition) is 2. The number of amides is 1. The van der Waals surface area contributed by atoms with Crippen LogP contribution in [0, 0.1) is 0 Å². The predicted molar refractivity (Wildman–Crippen MR) is 75.7 cm³/mol. The van der Waals surface area contributed by atoms with Gasteiger partial charge in [-0.1, -0.05) is 0 Å². The van der Waals surface area contributed by atoms with E-state index in [1.807, 2.05) is 18.9 Å². The van der Waals surface area contributed by atoms with Gasteiger partial charge in [-0.2, -0.15) is 15.1 Å². The van der Waals surface area contributed by atoms with Gasteiger partial charge in [0.1, 0.15) is 5.82 Å². The smallest absolute Gasteiger partial charge is 0.241 e. The Morgan fingerprint density at radius 3 is 3.00 bits per heavy atom. The molecule has 0 atom stereocenters. The first kappa shape index (κ1) is 12.6. The number of likely N-dealkylation sites (N-methyl/N-ethyl adjacent to an activating group) is 1. The van der Waals surface area contributed by atoms with E-state index in [1.54, 1.807) is 11.1 Å². The van der Waals surface area contributed by atoms with Crippen LogP contribution in [0.2, 0.25) is 0 Å². The molecule has 1 saturated heterocycles. The first-order chi connectivity index (χ1) is 9.69. The fraction of sp³-hybridized carbons (Fsp3) is 0.500. The van der Waals surface area contributed by atoms with E-state index >= 15 is 0 Å². The Bertz CT molecular complexity index is 638. The Balaban J connectivity index is 2.00. The number of anilines is 2. The Morgan fingerprint density at radius 1 is 1.40 bits per heavy atom. The number of aromatic amines is 1. The molecule has 20 heavy (non-hydrogen) atoms. The molecule has 1 aliphatic rings. The van der Waals surface area contributed by atoms with Crippen LogP contribution in [-0.4, -0.2) is 64.2 Å². The molecular weight excluding hydrogens is 258 g/mol. The predicted octanol–water partition coefficient (Wildman–Crippen LogP) is 0.0631. The zero-order valence-electron chi connectivity index (χ0n) is 11.6. The minimum absolute atomic E-state index is 0.0940. The van der Waals surface area contributed by atoms with Crippen LogP contribution in [0.4, 0.5) is 11.8 Å². The largest absolute Gasteiger partial charge is 0.354 e. The fourth-order valence-corrected chi connectivity index (χ4v) is 2.24. The molecule has 1 aliphatic heterocycles.